The molecule has 9 heteroatoms. The van der Waals surface area contributed by atoms with Crippen molar-refractivity contribution in [3.05, 3.63) is 68.0 Å². The van der Waals surface area contributed by atoms with Crippen molar-refractivity contribution in [1.29, 1.82) is 0 Å². The highest BCUT2D eigenvalue weighted by Gasteiger charge is 2.30. The lowest BCUT2D eigenvalue weighted by atomic mass is 10.1. The molecule has 0 unspecified atom stereocenters. The molecule has 0 radical (unpaired) electrons. The lowest BCUT2D eigenvalue weighted by molar-refractivity contribution is -0.137. The Hall–Kier alpha value is -2.84. The van der Waals surface area contributed by atoms with Crippen LogP contribution in [0.15, 0.2) is 39.9 Å². The monoisotopic (exact) mass is 300 g/mol. The Morgan fingerprint density at radius 1 is 1.14 bits per heavy atom. The van der Waals surface area contributed by atoms with E-state index >= 15 is 0 Å². The normalized spacial score (nSPS) is 11.4. The number of aromatic nitrogens is 2. The Morgan fingerprint density at radius 3 is 2.19 bits per heavy atom. The van der Waals surface area contributed by atoms with Crippen LogP contribution in [0.3, 0.4) is 0 Å². The zero-order chi connectivity index (χ0) is 15.8. The van der Waals surface area contributed by atoms with Gasteiger partial charge in [-0.15, -0.1) is 0 Å². The third-order valence-electron chi connectivity index (χ3n) is 2.63. The predicted molar refractivity (Wildman–Crippen MR) is 63.4 cm³/mol. The topological polar surface area (TPSA) is 92.2 Å². The molecule has 1 aromatic heterocycles. The molecule has 0 saturated heterocycles. The van der Waals surface area contributed by atoms with Gasteiger partial charge in [0.2, 0.25) is 5.78 Å². The van der Waals surface area contributed by atoms with Crippen molar-refractivity contribution in [2.45, 2.75) is 6.18 Å². The van der Waals surface area contributed by atoms with E-state index in [0.717, 1.165) is 12.1 Å². The number of halogens is 3. The highest BCUT2D eigenvalue weighted by Crippen LogP contribution is 2.29. The molecular formula is C12H7F3N2O4. The maximum Gasteiger partial charge on any atom is 0.416 e. The van der Waals surface area contributed by atoms with Crippen LogP contribution in [0.4, 0.5) is 13.2 Å². The van der Waals surface area contributed by atoms with Gasteiger partial charge in [-0.1, -0.05) is 16.9 Å². The number of rotatable bonds is 2. The van der Waals surface area contributed by atoms with Crippen LogP contribution in [0, 0.1) is 0 Å². The quantitative estimate of drug-likeness (QED) is 0.640. The molecule has 1 aromatic carbocycles. The predicted octanol–water partition coefficient (Wildman–Crippen LogP) is 1.02. The zero-order valence-electron chi connectivity index (χ0n) is 10.1. The average molecular weight is 300 g/mol. The fourth-order valence-corrected chi connectivity index (χ4v) is 1.58. The lowest BCUT2D eigenvalue weighted by Crippen LogP contribution is -2.34. The smallest absolute Gasteiger partial charge is 0.416 e. The van der Waals surface area contributed by atoms with Gasteiger partial charge < -0.3 is 10.2 Å². The molecule has 2 aromatic rings. The van der Waals surface area contributed by atoms with Crippen LogP contribution < -0.4 is 11.2 Å². The molecule has 0 bridgehead atoms. The standard InChI is InChI=1S/C12H7F3N2O4/c13-12(14,15)7-3-1-6(2-4-7)10(19)8-5-9(18)17(21)11(20)16-8/h1-5,21H,(H,16,20). The van der Waals surface area contributed by atoms with Gasteiger partial charge in [-0.25, -0.2) is 4.79 Å². The first-order valence-corrected chi connectivity index (χ1v) is 5.48. The Kier molecular flexibility index (Phi) is 3.42. The van der Waals surface area contributed by atoms with Gasteiger partial charge in [-0.3, -0.25) is 9.59 Å². The first kappa shape index (κ1) is 14.6. The molecule has 0 amide bonds. The molecule has 0 fully saturated rings. The Bertz CT molecular complexity index is 772. The largest absolute Gasteiger partial charge is 0.421 e. The lowest BCUT2D eigenvalue weighted by Gasteiger charge is -2.07. The summed E-state index contributed by atoms with van der Waals surface area (Å²) in [6.07, 6.45) is -4.53. The SMILES string of the molecule is O=C(c1ccc(C(F)(F)F)cc1)c1cc(=O)n(O)c(=O)[nH]1. The molecule has 0 atom stereocenters. The first-order chi connectivity index (χ1) is 9.70. The van der Waals surface area contributed by atoms with Gasteiger partial charge >= 0.3 is 11.9 Å². The summed E-state index contributed by atoms with van der Waals surface area (Å²) in [7, 11) is 0. The Morgan fingerprint density at radius 2 is 1.71 bits per heavy atom. The summed E-state index contributed by atoms with van der Waals surface area (Å²) in [5.74, 6) is -0.849. The first-order valence-electron chi connectivity index (χ1n) is 5.48. The fraction of sp³-hybridized carbons (Fsp3) is 0.0833. The number of aromatic amines is 1. The summed E-state index contributed by atoms with van der Waals surface area (Å²) in [6.45, 7) is 0. The van der Waals surface area contributed by atoms with E-state index in [1.165, 1.54) is 0 Å². The number of carbonyl (C=O) groups excluding carboxylic acids is 1. The van der Waals surface area contributed by atoms with Crippen molar-refractivity contribution >= 4 is 5.78 Å². The Labute approximate surface area is 114 Å². The van der Waals surface area contributed by atoms with Crippen LogP contribution in [-0.4, -0.2) is 20.7 Å². The number of nitrogens with zero attached hydrogens (tertiary/aromatic N) is 1. The van der Waals surface area contributed by atoms with Gasteiger partial charge in [-0.2, -0.15) is 13.2 Å². The number of hydrogen-bond acceptors (Lipinski definition) is 4. The van der Waals surface area contributed by atoms with Gasteiger partial charge in [0.1, 0.15) is 0 Å². The van der Waals surface area contributed by atoms with Crippen LogP contribution in [0.1, 0.15) is 21.6 Å². The molecule has 110 valence electrons. The van der Waals surface area contributed by atoms with E-state index in [0.29, 0.717) is 18.2 Å². The highest BCUT2D eigenvalue weighted by atomic mass is 19.4. The van der Waals surface area contributed by atoms with Crippen LogP contribution in [0.2, 0.25) is 0 Å². The second-order valence-corrected chi connectivity index (χ2v) is 4.04. The van der Waals surface area contributed by atoms with Crippen molar-refractivity contribution in [3.8, 4) is 0 Å². The van der Waals surface area contributed by atoms with Crippen LogP contribution in [0.25, 0.3) is 0 Å². The van der Waals surface area contributed by atoms with Crippen LogP contribution in [0.5, 0.6) is 0 Å². The van der Waals surface area contributed by atoms with Crippen molar-refractivity contribution < 1.29 is 23.2 Å². The van der Waals surface area contributed by atoms with Crippen LogP contribution in [-0.2, 0) is 6.18 Å². The summed E-state index contributed by atoms with van der Waals surface area (Å²) >= 11 is 0. The van der Waals surface area contributed by atoms with E-state index in [9.17, 15) is 27.6 Å². The average Bonchev–Trinajstić information content (AvgIpc) is 2.42. The van der Waals surface area contributed by atoms with Crippen LogP contribution >= 0.6 is 0 Å². The minimum Gasteiger partial charge on any atom is -0.421 e. The summed E-state index contributed by atoms with van der Waals surface area (Å²) in [4.78, 5) is 36.2. The number of alkyl halides is 3. The fourth-order valence-electron chi connectivity index (χ4n) is 1.58. The summed E-state index contributed by atoms with van der Waals surface area (Å²) in [5, 5.41) is 8.93. The number of carbonyl (C=O) groups is 1. The third kappa shape index (κ3) is 2.86. The highest BCUT2D eigenvalue weighted by molar-refractivity contribution is 6.07. The van der Waals surface area contributed by atoms with E-state index in [-0.39, 0.29) is 10.3 Å². The molecule has 0 saturated carbocycles. The third-order valence-corrected chi connectivity index (χ3v) is 2.63. The van der Waals surface area contributed by atoms with Gasteiger partial charge in [-0.05, 0) is 12.1 Å². The van der Waals surface area contributed by atoms with E-state index in [1.54, 1.807) is 0 Å². The molecule has 2 N–H and O–H groups in total. The van der Waals surface area contributed by atoms with Crippen molar-refractivity contribution in [2.75, 3.05) is 0 Å². The maximum atomic E-state index is 12.4. The molecule has 2 rings (SSSR count). The zero-order valence-corrected chi connectivity index (χ0v) is 10.1. The van der Waals surface area contributed by atoms with Gasteiger partial charge in [0.05, 0.1) is 11.3 Å². The Balaban J connectivity index is 2.41. The maximum absolute atomic E-state index is 12.4. The number of ketones is 1. The summed E-state index contributed by atoms with van der Waals surface area (Å²) < 4.78 is 36.9. The molecule has 0 spiro atoms. The minimum atomic E-state index is -4.53. The van der Waals surface area contributed by atoms with Gasteiger partial charge in [0.25, 0.3) is 5.56 Å². The van der Waals surface area contributed by atoms with Gasteiger partial charge in [0, 0.05) is 11.6 Å². The van der Waals surface area contributed by atoms with Gasteiger partial charge in [0.15, 0.2) is 0 Å². The summed E-state index contributed by atoms with van der Waals surface area (Å²) in [5.41, 5.74) is -3.87. The molecule has 0 aliphatic carbocycles. The number of hydrogen-bond donors (Lipinski definition) is 2. The van der Waals surface area contributed by atoms with E-state index in [4.69, 9.17) is 5.21 Å². The molecule has 21 heavy (non-hydrogen) atoms. The number of H-pyrrole nitrogens is 1. The van der Waals surface area contributed by atoms with E-state index in [1.807, 2.05) is 4.98 Å². The van der Waals surface area contributed by atoms with Crippen molar-refractivity contribution in [2.24, 2.45) is 0 Å². The minimum absolute atomic E-state index is 0.145. The summed E-state index contributed by atoms with van der Waals surface area (Å²) in [6, 6.07) is 3.93. The van der Waals surface area contributed by atoms with E-state index < -0.39 is 34.5 Å². The molecule has 0 aliphatic heterocycles. The number of benzene rings is 1. The molecule has 6 nitrogen and oxygen atoms in total. The second-order valence-electron chi connectivity index (χ2n) is 4.04. The number of nitrogens with one attached hydrogen (secondary N) is 1. The van der Waals surface area contributed by atoms with Crippen molar-refractivity contribution in [1.82, 2.24) is 9.71 Å². The molecular weight excluding hydrogens is 293 g/mol. The molecule has 1 heterocycles. The van der Waals surface area contributed by atoms with Crippen molar-refractivity contribution in [3.63, 3.8) is 0 Å². The second kappa shape index (κ2) is 4.93. The molecule has 0 aliphatic rings. The van der Waals surface area contributed by atoms with E-state index in [2.05, 4.69) is 0 Å².